The number of aryl methyl sites for hydroxylation is 2. The number of fused-ring (bicyclic) bond motifs is 1. The first-order valence-electron chi connectivity index (χ1n) is 10.1. The van der Waals surface area contributed by atoms with Gasteiger partial charge in [-0.15, -0.1) is 24.0 Å². The molecule has 7 heteroatoms. The smallest absolute Gasteiger partial charge is 0.194 e. The minimum atomic E-state index is 0. The van der Waals surface area contributed by atoms with Crippen LogP contribution in [0.25, 0.3) is 0 Å². The quantitative estimate of drug-likeness (QED) is 0.393. The zero-order chi connectivity index (χ0) is 18.5. The number of aliphatic imine (C=N–C) groups is 1. The van der Waals surface area contributed by atoms with E-state index in [1.54, 1.807) is 6.26 Å². The molecule has 2 aromatic rings. The van der Waals surface area contributed by atoms with E-state index in [1.807, 2.05) is 6.07 Å². The molecule has 0 saturated carbocycles. The van der Waals surface area contributed by atoms with Gasteiger partial charge in [-0.2, -0.15) is 0 Å². The molecule has 2 heterocycles. The van der Waals surface area contributed by atoms with Crippen molar-refractivity contribution in [3.8, 4) is 0 Å². The maximum atomic E-state index is 4.93. The van der Waals surface area contributed by atoms with Crippen LogP contribution in [0.15, 0.2) is 40.0 Å². The lowest BCUT2D eigenvalue weighted by atomic mass is 10.1. The average molecular weight is 495 g/mol. The monoisotopic (exact) mass is 495 g/mol. The number of benzene rings is 1. The number of hydrogen-bond acceptors (Lipinski definition) is 4. The molecular formula is C21H30IN5O. The largest absolute Gasteiger partial charge is 0.364 e. The van der Waals surface area contributed by atoms with Crippen molar-refractivity contribution in [3.63, 3.8) is 0 Å². The molecule has 0 atom stereocenters. The van der Waals surface area contributed by atoms with Crippen molar-refractivity contribution in [3.05, 3.63) is 52.9 Å². The SMILES string of the molecule is CCNC(=NCc1ccc2c(c1)CCC2)N1CCN(Cc2ccon2)CC1.I. The fraction of sp³-hybridized carbons (Fsp3) is 0.524. The van der Waals surface area contributed by atoms with Gasteiger partial charge in [0.05, 0.1) is 12.2 Å². The number of aromatic nitrogens is 1. The summed E-state index contributed by atoms with van der Waals surface area (Å²) >= 11 is 0. The molecule has 1 saturated heterocycles. The van der Waals surface area contributed by atoms with Crippen molar-refractivity contribution in [2.75, 3.05) is 32.7 Å². The summed E-state index contributed by atoms with van der Waals surface area (Å²) in [5, 5.41) is 7.48. The summed E-state index contributed by atoms with van der Waals surface area (Å²) in [5.74, 6) is 1.03. The van der Waals surface area contributed by atoms with Crippen molar-refractivity contribution in [1.29, 1.82) is 0 Å². The molecule has 28 heavy (non-hydrogen) atoms. The molecule has 4 rings (SSSR count). The molecule has 1 aliphatic heterocycles. The highest BCUT2D eigenvalue weighted by atomic mass is 127. The maximum absolute atomic E-state index is 4.93. The molecule has 1 N–H and O–H groups in total. The van der Waals surface area contributed by atoms with E-state index < -0.39 is 0 Å². The second-order valence-electron chi connectivity index (χ2n) is 7.38. The van der Waals surface area contributed by atoms with E-state index in [4.69, 9.17) is 9.52 Å². The minimum Gasteiger partial charge on any atom is -0.364 e. The van der Waals surface area contributed by atoms with E-state index in [1.165, 1.54) is 36.0 Å². The Kier molecular flexibility index (Phi) is 7.73. The molecule has 152 valence electrons. The maximum Gasteiger partial charge on any atom is 0.194 e. The van der Waals surface area contributed by atoms with Gasteiger partial charge < -0.3 is 14.7 Å². The van der Waals surface area contributed by atoms with Crippen LogP contribution in [-0.4, -0.2) is 53.6 Å². The molecule has 1 aromatic carbocycles. The van der Waals surface area contributed by atoms with Crippen molar-refractivity contribution in [2.24, 2.45) is 4.99 Å². The van der Waals surface area contributed by atoms with Crippen LogP contribution >= 0.6 is 24.0 Å². The minimum absolute atomic E-state index is 0. The lowest BCUT2D eigenvalue weighted by molar-refractivity contribution is 0.169. The van der Waals surface area contributed by atoms with Crippen LogP contribution in [0, 0.1) is 0 Å². The summed E-state index contributed by atoms with van der Waals surface area (Å²) in [6, 6.07) is 8.83. The van der Waals surface area contributed by atoms with Crippen molar-refractivity contribution in [1.82, 2.24) is 20.3 Å². The van der Waals surface area contributed by atoms with Crippen LogP contribution in [-0.2, 0) is 25.9 Å². The van der Waals surface area contributed by atoms with E-state index in [-0.39, 0.29) is 24.0 Å². The Morgan fingerprint density at radius 1 is 1.14 bits per heavy atom. The summed E-state index contributed by atoms with van der Waals surface area (Å²) in [6.07, 6.45) is 5.39. The number of nitrogens with zero attached hydrogens (tertiary/aromatic N) is 4. The van der Waals surface area contributed by atoms with Gasteiger partial charge in [-0.25, -0.2) is 4.99 Å². The van der Waals surface area contributed by atoms with Gasteiger partial charge in [-0.3, -0.25) is 4.90 Å². The summed E-state index contributed by atoms with van der Waals surface area (Å²) in [6.45, 7) is 8.60. The third-order valence-corrected chi connectivity index (χ3v) is 5.46. The summed E-state index contributed by atoms with van der Waals surface area (Å²) in [4.78, 5) is 9.71. The number of nitrogens with one attached hydrogen (secondary N) is 1. The van der Waals surface area contributed by atoms with Gasteiger partial charge in [0.2, 0.25) is 0 Å². The fourth-order valence-electron chi connectivity index (χ4n) is 3.98. The van der Waals surface area contributed by atoms with Gasteiger partial charge in [0, 0.05) is 45.3 Å². The van der Waals surface area contributed by atoms with Crippen LogP contribution in [0.4, 0.5) is 0 Å². The molecule has 1 aliphatic carbocycles. The van der Waals surface area contributed by atoms with Crippen molar-refractivity contribution < 1.29 is 4.52 Å². The van der Waals surface area contributed by atoms with Crippen molar-refractivity contribution >= 4 is 29.9 Å². The van der Waals surface area contributed by atoms with E-state index >= 15 is 0 Å². The number of piperazine rings is 1. The predicted octanol–water partition coefficient (Wildman–Crippen LogP) is 3.06. The molecule has 2 aliphatic rings. The van der Waals surface area contributed by atoms with E-state index in [0.717, 1.165) is 57.5 Å². The highest BCUT2D eigenvalue weighted by molar-refractivity contribution is 14.0. The molecule has 0 radical (unpaired) electrons. The second kappa shape index (κ2) is 10.2. The van der Waals surface area contributed by atoms with Crippen LogP contribution in [0.2, 0.25) is 0 Å². The first kappa shape index (κ1) is 21.1. The zero-order valence-corrected chi connectivity index (χ0v) is 18.9. The standard InChI is InChI=1S/C21H29N5O.HI/c1-2-22-21(23-15-17-6-7-18-4-3-5-19(18)14-17)26-11-9-25(10-12-26)16-20-8-13-27-24-20;/h6-8,13-14H,2-5,9-12,15-16H2,1H3,(H,22,23);1H. The zero-order valence-electron chi connectivity index (χ0n) is 16.6. The molecule has 0 unspecified atom stereocenters. The Bertz CT molecular complexity index is 769. The third kappa shape index (κ3) is 5.26. The highest BCUT2D eigenvalue weighted by Crippen LogP contribution is 2.23. The Morgan fingerprint density at radius 3 is 2.71 bits per heavy atom. The summed E-state index contributed by atoms with van der Waals surface area (Å²) < 4.78 is 4.93. The van der Waals surface area contributed by atoms with Crippen LogP contribution in [0.3, 0.4) is 0 Å². The predicted molar refractivity (Wildman–Crippen MR) is 122 cm³/mol. The second-order valence-corrected chi connectivity index (χ2v) is 7.38. The van der Waals surface area contributed by atoms with Crippen LogP contribution in [0.1, 0.15) is 35.7 Å². The lowest BCUT2D eigenvalue weighted by Crippen LogP contribution is -2.52. The van der Waals surface area contributed by atoms with Gasteiger partial charge in [-0.1, -0.05) is 23.4 Å². The lowest BCUT2D eigenvalue weighted by Gasteiger charge is -2.36. The first-order chi connectivity index (χ1) is 13.3. The molecule has 0 spiro atoms. The highest BCUT2D eigenvalue weighted by Gasteiger charge is 2.20. The molecule has 6 nitrogen and oxygen atoms in total. The van der Waals surface area contributed by atoms with Gasteiger partial charge in [0.25, 0.3) is 0 Å². The normalized spacial score (nSPS) is 17.3. The molecule has 0 amide bonds. The first-order valence-corrected chi connectivity index (χ1v) is 10.1. The van der Waals surface area contributed by atoms with E-state index in [0.29, 0.717) is 0 Å². The average Bonchev–Trinajstić information content (AvgIpc) is 3.37. The Hall–Kier alpha value is -1.61. The number of hydrogen-bond donors (Lipinski definition) is 1. The topological polar surface area (TPSA) is 56.9 Å². The summed E-state index contributed by atoms with van der Waals surface area (Å²) in [5.41, 5.74) is 5.36. The molecular weight excluding hydrogens is 465 g/mol. The summed E-state index contributed by atoms with van der Waals surface area (Å²) in [7, 11) is 0. The Morgan fingerprint density at radius 2 is 1.96 bits per heavy atom. The molecule has 1 aromatic heterocycles. The molecule has 0 bridgehead atoms. The van der Waals surface area contributed by atoms with Crippen molar-refractivity contribution in [2.45, 2.75) is 39.3 Å². The van der Waals surface area contributed by atoms with Gasteiger partial charge in [0.15, 0.2) is 5.96 Å². The van der Waals surface area contributed by atoms with Gasteiger partial charge in [0.1, 0.15) is 6.26 Å². The van der Waals surface area contributed by atoms with Crippen LogP contribution < -0.4 is 5.32 Å². The number of rotatable bonds is 5. The van der Waals surface area contributed by atoms with E-state index in [9.17, 15) is 0 Å². The third-order valence-electron chi connectivity index (χ3n) is 5.46. The number of guanidine groups is 1. The number of halogens is 1. The van der Waals surface area contributed by atoms with Gasteiger partial charge >= 0.3 is 0 Å². The fourth-order valence-corrected chi connectivity index (χ4v) is 3.98. The van der Waals surface area contributed by atoms with Crippen LogP contribution in [0.5, 0.6) is 0 Å². The Balaban J connectivity index is 0.00000225. The Labute approximate surface area is 184 Å². The molecule has 1 fully saturated rings. The van der Waals surface area contributed by atoms with Gasteiger partial charge in [-0.05, 0) is 42.9 Å². The van der Waals surface area contributed by atoms with E-state index in [2.05, 4.69) is 45.4 Å².